The lowest BCUT2D eigenvalue weighted by molar-refractivity contribution is -0.149. The van der Waals surface area contributed by atoms with E-state index >= 15 is 0 Å². The first-order valence-corrected chi connectivity index (χ1v) is 12.3. The molecule has 0 saturated heterocycles. The molecule has 4 unspecified atom stereocenters. The third kappa shape index (κ3) is 9.15. The fourth-order valence-electron chi connectivity index (χ4n) is 2.74. The lowest BCUT2D eigenvalue weighted by Crippen LogP contribution is -2.42. The zero-order valence-corrected chi connectivity index (χ0v) is 20.9. The first-order valence-electron chi connectivity index (χ1n) is 10.8. The molecule has 0 spiro atoms. The number of ether oxygens (including phenoxy) is 3. The summed E-state index contributed by atoms with van der Waals surface area (Å²) < 4.78 is 22.9. The minimum atomic E-state index is -1.48. The van der Waals surface area contributed by atoms with E-state index in [1.165, 1.54) is 13.2 Å². The standard InChI is InChI=1S/C24H30N3O7P/c1-6-19(15-28)14-27(24(30)25-5)21-12-13-22(33-21)31-16-35(34-20-10-8-7-9-11-20)26-18(4)23(29)32-17(2)3/h1,7-15,17-18,21-22,26H,16H2,2-5H3,(H,25,30)/b19-14-. The van der Waals surface area contributed by atoms with Crippen LogP contribution < -0.4 is 14.9 Å². The molecule has 0 aromatic heterocycles. The maximum absolute atomic E-state index is 12.3. The summed E-state index contributed by atoms with van der Waals surface area (Å²) in [6, 6.07) is 7.95. The summed E-state index contributed by atoms with van der Waals surface area (Å²) >= 11 is 0. The topological polar surface area (TPSA) is 115 Å². The van der Waals surface area contributed by atoms with Gasteiger partial charge in [-0.15, -0.1) is 6.42 Å². The maximum atomic E-state index is 12.3. The molecule has 4 atom stereocenters. The van der Waals surface area contributed by atoms with Crippen molar-refractivity contribution < 1.29 is 33.1 Å². The number of hydrogen-bond donors (Lipinski definition) is 2. The van der Waals surface area contributed by atoms with E-state index in [0.717, 1.165) is 4.90 Å². The van der Waals surface area contributed by atoms with Gasteiger partial charge in [-0.05, 0) is 45.1 Å². The molecule has 188 valence electrons. The van der Waals surface area contributed by atoms with Gasteiger partial charge >= 0.3 is 12.0 Å². The van der Waals surface area contributed by atoms with Crippen LogP contribution in [-0.2, 0) is 23.8 Å². The Bertz CT molecular complexity index is 962. The summed E-state index contributed by atoms with van der Waals surface area (Å²) in [4.78, 5) is 36.7. The van der Waals surface area contributed by atoms with E-state index in [4.69, 9.17) is 25.2 Å². The van der Waals surface area contributed by atoms with Crippen LogP contribution in [0.15, 0.2) is 54.3 Å². The predicted octanol–water partition coefficient (Wildman–Crippen LogP) is 2.88. The van der Waals surface area contributed by atoms with Crippen molar-refractivity contribution in [1.82, 2.24) is 15.3 Å². The lowest BCUT2D eigenvalue weighted by atomic mass is 10.3. The fraction of sp³-hybridized carbons (Fsp3) is 0.375. The Kier molecular flexibility index (Phi) is 11.4. The molecule has 2 N–H and O–H groups in total. The average molecular weight is 503 g/mol. The second-order valence-electron chi connectivity index (χ2n) is 7.50. The Morgan fingerprint density at radius 2 is 1.97 bits per heavy atom. The third-order valence-corrected chi connectivity index (χ3v) is 5.85. The molecular weight excluding hydrogens is 473 g/mol. The average Bonchev–Trinajstić information content (AvgIpc) is 3.31. The highest BCUT2D eigenvalue weighted by Gasteiger charge is 2.29. The number of hydrogen-bond acceptors (Lipinski definition) is 8. The van der Waals surface area contributed by atoms with Gasteiger partial charge in [0.2, 0.25) is 0 Å². The summed E-state index contributed by atoms with van der Waals surface area (Å²) in [5.74, 6) is 2.39. The van der Waals surface area contributed by atoms with Crippen LogP contribution in [0.4, 0.5) is 4.79 Å². The first kappa shape index (κ1) is 28.0. The number of carbonyl (C=O) groups excluding carboxylic acids is 3. The number of benzene rings is 1. The van der Waals surface area contributed by atoms with Gasteiger partial charge in [-0.25, -0.2) is 9.88 Å². The highest BCUT2D eigenvalue weighted by molar-refractivity contribution is 7.50. The van der Waals surface area contributed by atoms with Gasteiger partial charge in [-0.1, -0.05) is 24.1 Å². The molecule has 0 aliphatic carbocycles. The minimum absolute atomic E-state index is 0.0266. The monoisotopic (exact) mass is 503 g/mol. The van der Waals surface area contributed by atoms with E-state index in [2.05, 4.69) is 16.3 Å². The van der Waals surface area contributed by atoms with E-state index in [1.54, 1.807) is 45.1 Å². The Balaban J connectivity index is 2.04. The Hall–Kier alpha value is -3.22. The molecule has 2 amide bonds. The number of aldehydes is 1. The van der Waals surface area contributed by atoms with E-state index in [1.807, 2.05) is 18.2 Å². The number of esters is 1. The molecule has 0 bridgehead atoms. The number of terminal acetylenes is 1. The largest absolute Gasteiger partial charge is 0.462 e. The van der Waals surface area contributed by atoms with E-state index in [-0.39, 0.29) is 18.0 Å². The highest BCUT2D eigenvalue weighted by atomic mass is 31.2. The second-order valence-corrected chi connectivity index (χ2v) is 8.96. The molecular formula is C24H30N3O7P. The Labute approximate surface area is 206 Å². The van der Waals surface area contributed by atoms with E-state index in [0.29, 0.717) is 12.0 Å². The van der Waals surface area contributed by atoms with Crippen LogP contribution in [0.1, 0.15) is 20.8 Å². The molecule has 1 heterocycles. The lowest BCUT2D eigenvalue weighted by Gasteiger charge is -2.26. The molecule has 35 heavy (non-hydrogen) atoms. The molecule has 0 radical (unpaired) electrons. The minimum Gasteiger partial charge on any atom is -0.462 e. The summed E-state index contributed by atoms with van der Waals surface area (Å²) in [5.41, 5.74) is -0.0266. The van der Waals surface area contributed by atoms with Crippen molar-refractivity contribution in [3.63, 3.8) is 0 Å². The zero-order valence-electron chi connectivity index (χ0n) is 20.0. The summed E-state index contributed by atoms with van der Waals surface area (Å²) in [6.07, 6.45) is 8.35. The van der Waals surface area contributed by atoms with Crippen molar-refractivity contribution in [3.8, 4) is 18.1 Å². The van der Waals surface area contributed by atoms with Crippen LogP contribution in [0.3, 0.4) is 0 Å². The highest BCUT2D eigenvalue weighted by Crippen LogP contribution is 2.36. The number of para-hydroxylation sites is 1. The summed E-state index contributed by atoms with van der Waals surface area (Å²) in [7, 11) is -0.0369. The van der Waals surface area contributed by atoms with Crippen molar-refractivity contribution >= 4 is 26.6 Å². The van der Waals surface area contributed by atoms with Crippen molar-refractivity contribution in [1.29, 1.82) is 0 Å². The van der Waals surface area contributed by atoms with Crippen molar-refractivity contribution in [2.75, 3.05) is 13.4 Å². The molecule has 1 aliphatic rings. The smallest absolute Gasteiger partial charge is 0.323 e. The van der Waals surface area contributed by atoms with Gasteiger partial charge in [0, 0.05) is 13.2 Å². The van der Waals surface area contributed by atoms with Crippen molar-refractivity contribution in [3.05, 3.63) is 54.3 Å². The summed E-state index contributed by atoms with van der Waals surface area (Å²) in [5, 5.41) is 5.58. The van der Waals surface area contributed by atoms with Gasteiger partial charge in [-0.3, -0.25) is 14.5 Å². The SMILES string of the molecule is C#C/C(C=O)=C/N(C(=O)NC)C1C=CC(OCP(NC(C)C(=O)OC(C)C)Oc2ccccc2)O1. The molecule has 0 fully saturated rings. The van der Waals surface area contributed by atoms with E-state index in [9.17, 15) is 14.4 Å². The summed E-state index contributed by atoms with van der Waals surface area (Å²) in [6.45, 7) is 5.23. The molecule has 1 aromatic rings. The van der Waals surface area contributed by atoms with Crippen LogP contribution in [0.5, 0.6) is 5.75 Å². The molecule has 11 heteroatoms. The number of nitrogens with zero attached hydrogens (tertiary/aromatic N) is 1. The van der Waals surface area contributed by atoms with Crippen LogP contribution in [0.25, 0.3) is 0 Å². The fourth-order valence-corrected chi connectivity index (χ4v) is 4.11. The van der Waals surface area contributed by atoms with Crippen LogP contribution in [0, 0.1) is 12.3 Å². The molecule has 10 nitrogen and oxygen atoms in total. The van der Waals surface area contributed by atoms with Crippen molar-refractivity contribution in [2.45, 2.75) is 45.4 Å². The van der Waals surface area contributed by atoms with Gasteiger partial charge in [0.05, 0.1) is 11.7 Å². The second kappa shape index (κ2) is 14.2. The number of rotatable bonds is 12. The number of allylic oxidation sites excluding steroid dienone is 1. The maximum Gasteiger partial charge on any atom is 0.323 e. The Morgan fingerprint density at radius 1 is 1.26 bits per heavy atom. The van der Waals surface area contributed by atoms with Gasteiger partial charge in [0.1, 0.15) is 18.1 Å². The molecule has 1 aromatic carbocycles. The van der Waals surface area contributed by atoms with Gasteiger partial charge in [-0.2, -0.15) is 0 Å². The Morgan fingerprint density at radius 3 is 2.57 bits per heavy atom. The van der Waals surface area contributed by atoms with Gasteiger partial charge in [0.15, 0.2) is 27.1 Å². The first-order chi connectivity index (χ1) is 16.8. The third-order valence-electron chi connectivity index (χ3n) is 4.36. The van der Waals surface area contributed by atoms with E-state index < -0.39 is 38.9 Å². The predicted molar refractivity (Wildman–Crippen MR) is 131 cm³/mol. The number of amides is 2. The number of nitrogens with one attached hydrogen (secondary N) is 2. The van der Waals surface area contributed by atoms with Crippen LogP contribution >= 0.6 is 8.30 Å². The molecule has 1 aliphatic heterocycles. The molecule has 2 rings (SSSR count). The number of carbonyl (C=O) groups is 3. The van der Waals surface area contributed by atoms with Crippen LogP contribution in [0.2, 0.25) is 0 Å². The van der Waals surface area contributed by atoms with Crippen molar-refractivity contribution in [2.24, 2.45) is 0 Å². The normalized spacial score (nSPS) is 18.9. The van der Waals surface area contributed by atoms with Crippen LogP contribution in [-0.4, -0.2) is 61.2 Å². The quantitative estimate of drug-likeness (QED) is 0.112. The number of urea groups is 1. The molecule has 0 saturated carbocycles. The zero-order chi connectivity index (χ0) is 25.8. The van der Waals surface area contributed by atoms with Gasteiger partial charge in [0.25, 0.3) is 0 Å². The van der Waals surface area contributed by atoms with Gasteiger partial charge < -0.3 is 24.1 Å².